The van der Waals surface area contributed by atoms with Crippen LogP contribution in [0.2, 0.25) is 5.02 Å². The normalized spacial score (nSPS) is 15.4. The lowest BCUT2D eigenvalue weighted by Crippen LogP contribution is -2.41. The Hall–Kier alpha value is -0.290. The van der Waals surface area contributed by atoms with Crippen molar-refractivity contribution in [2.75, 3.05) is 0 Å². The molecule has 1 aromatic rings. The Labute approximate surface area is 118 Å². The lowest BCUT2D eigenvalue weighted by molar-refractivity contribution is 0.504. The molecule has 0 unspecified atom stereocenters. The molecule has 5 heteroatoms. The standard InChI is InChI=1S/C13H21ClN2OS/c1-5-6-11(16-18(17)13(2,3)4)12-9-10(14)7-8-15-12/h7-9,11,16H,5-6H2,1-4H3/t11-,18-/m0/s1. The summed E-state index contributed by atoms with van der Waals surface area (Å²) in [5.41, 5.74) is 0.849. The molecular formula is C13H21ClN2OS. The van der Waals surface area contributed by atoms with Crippen molar-refractivity contribution in [3.63, 3.8) is 0 Å². The summed E-state index contributed by atoms with van der Waals surface area (Å²) in [5.74, 6) is 0. The van der Waals surface area contributed by atoms with Crippen molar-refractivity contribution in [1.82, 2.24) is 9.71 Å². The zero-order valence-electron chi connectivity index (χ0n) is 11.4. The molecule has 1 N–H and O–H groups in total. The van der Waals surface area contributed by atoms with Gasteiger partial charge in [-0.25, -0.2) is 0 Å². The van der Waals surface area contributed by atoms with Crippen molar-refractivity contribution in [1.29, 1.82) is 0 Å². The Kier molecular flexibility index (Phi) is 5.92. The molecule has 1 aromatic heterocycles. The molecule has 1 rings (SSSR count). The second kappa shape index (κ2) is 6.75. The van der Waals surface area contributed by atoms with Crippen LogP contribution >= 0.6 is 11.6 Å². The summed E-state index contributed by atoms with van der Waals surface area (Å²) in [5, 5.41) is 0.657. The average Bonchev–Trinajstić information content (AvgIpc) is 2.27. The third kappa shape index (κ3) is 4.76. The highest BCUT2D eigenvalue weighted by Crippen LogP contribution is 2.23. The first-order chi connectivity index (χ1) is 8.34. The van der Waals surface area contributed by atoms with Crippen molar-refractivity contribution in [2.24, 2.45) is 0 Å². The number of nitrogens with one attached hydrogen (secondary N) is 1. The molecule has 0 saturated carbocycles. The van der Waals surface area contributed by atoms with Crippen molar-refractivity contribution in [3.8, 4) is 0 Å². The maximum atomic E-state index is 12.1. The fraction of sp³-hybridized carbons (Fsp3) is 0.615. The minimum Gasteiger partial charge on any atom is -0.598 e. The topological polar surface area (TPSA) is 48.0 Å². The van der Waals surface area contributed by atoms with E-state index in [2.05, 4.69) is 16.6 Å². The van der Waals surface area contributed by atoms with Gasteiger partial charge in [0.05, 0.1) is 11.7 Å². The van der Waals surface area contributed by atoms with Crippen LogP contribution in [0.3, 0.4) is 0 Å². The van der Waals surface area contributed by atoms with Crippen molar-refractivity contribution >= 4 is 23.0 Å². The third-order valence-corrected chi connectivity index (χ3v) is 4.33. The highest BCUT2D eigenvalue weighted by molar-refractivity contribution is 7.90. The van der Waals surface area contributed by atoms with Crippen LogP contribution in [0.5, 0.6) is 0 Å². The first kappa shape index (κ1) is 15.8. The molecule has 18 heavy (non-hydrogen) atoms. The molecule has 0 saturated heterocycles. The average molecular weight is 289 g/mol. The molecule has 0 radical (unpaired) electrons. The summed E-state index contributed by atoms with van der Waals surface area (Å²) >= 11 is 4.86. The Morgan fingerprint density at radius 1 is 1.50 bits per heavy atom. The van der Waals surface area contributed by atoms with Gasteiger partial charge in [-0.2, -0.15) is 0 Å². The zero-order chi connectivity index (χ0) is 13.8. The van der Waals surface area contributed by atoms with E-state index in [0.29, 0.717) is 5.02 Å². The van der Waals surface area contributed by atoms with E-state index in [1.54, 1.807) is 12.3 Å². The smallest absolute Gasteiger partial charge is 0.136 e. The SMILES string of the molecule is CCC[C@H](N[S@@+]([O-])C(C)(C)C)c1cc(Cl)ccn1. The van der Waals surface area contributed by atoms with Crippen LogP contribution in [0.1, 0.15) is 52.3 Å². The van der Waals surface area contributed by atoms with Gasteiger partial charge >= 0.3 is 0 Å². The molecule has 0 aliphatic carbocycles. The van der Waals surface area contributed by atoms with Crippen molar-refractivity contribution < 1.29 is 4.55 Å². The van der Waals surface area contributed by atoms with Crippen LogP contribution in [-0.2, 0) is 11.4 Å². The van der Waals surface area contributed by atoms with Gasteiger partial charge in [-0.1, -0.05) is 24.9 Å². The van der Waals surface area contributed by atoms with E-state index in [1.807, 2.05) is 26.8 Å². The first-order valence-electron chi connectivity index (χ1n) is 6.14. The van der Waals surface area contributed by atoms with E-state index in [4.69, 9.17) is 11.6 Å². The number of hydrogen-bond acceptors (Lipinski definition) is 3. The Morgan fingerprint density at radius 3 is 2.67 bits per heavy atom. The maximum absolute atomic E-state index is 12.1. The summed E-state index contributed by atoms with van der Waals surface area (Å²) < 4.78 is 15.0. The van der Waals surface area contributed by atoms with Gasteiger partial charge in [-0.15, -0.1) is 4.72 Å². The molecule has 0 aromatic carbocycles. The van der Waals surface area contributed by atoms with Crippen LogP contribution in [0, 0.1) is 0 Å². The number of nitrogens with zero attached hydrogens (tertiary/aromatic N) is 1. The Morgan fingerprint density at radius 2 is 2.17 bits per heavy atom. The zero-order valence-corrected chi connectivity index (χ0v) is 12.9. The van der Waals surface area contributed by atoms with Crippen LogP contribution < -0.4 is 4.72 Å². The molecule has 0 amide bonds. The predicted molar refractivity (Wildman–Crippen MR) is 77.9 cm³/mol. The number of rotatable bonds is 5. The van der Waals surface area contributed by atoms with Crippen molar-refractivity contribution in [2.45, 2.75) is 51.3 Å². The summed E-state index contributed by atoms with van der Waals surface area (Å²) in [4.78, 5) is 4.31. The van der Waals surface area contributed by atoms with Crippen LogP contribution in [0.25, 0.3) is 0 Å². The van der Waals surface area contributed by atoms with Gasteiger partial charge in [0.25, 0.3) is 0 Å². The summed E-state index contributed by atoms with van der Waals surface area (Å²) in [6.45, 7) is 7.94. The second-order valence-electron chi connectivity index (χ2n) is 5.24. The monoisotopic (exact) mass is 288 g/mol. The molecule has 1 heterocycles. The van der Waals surface area contributed by atoms with Gasteiger partial charge in [0.1, 0.15) is 4.75 Å². The fourth-order valence-electron chi connectivity index (χ4n) is 1.47. The van der Waals surface area contributed by atoms with Crippen LogP contribution in [0.4, 0.5) is 0 Å². The number of halogens is 1. The fourth-order valence-corrected chi connectivity index (χ4v) is 2.49. The van der Waals surface area contributed by atoms with E-state index >= 15 is 0 Å². The number of hydrogen-bond donors (Lipinski definition) is 1. The second-order valence-corrected chi connectivity index (χ2v) is 7.67. The van der Waals surface area contributed by atoms with Crippen molar-refractivity contribution in [3.05, 3.63) is 29.0 Å². The molecule has 0 spiro atoms. The van der Waals surface area contributed by atoms with Gasteiger partial charge < -0.3 is 4.55 Å². The van der Waals surface area contributed by atoms with Gasteiger partial charge in [-0.05, 0) is 39.3 Å². The van der Waals surface area contributed by atoms with E-state index in [9.17, 15) is 4.55 Å². The lowest BCUT2D eigenvalue weighted by atomic mass is 10.1. The van der Waals surface area contributed by atoms with Crippen LogP contribution in [0.15, 0.2) is 18.3 Å². The first-order valence-corrected chi connectivity index (χ1v) is 7.67. The van der Waals surface area contributed by atoms with E-state index in [1.165, 1.54) is 0 Å². The largest absolute Gasteiger partial charge is 0.598 e. The molecular weight excluding hydrogens is 268 g/mol. The quantitative estimate of drug-likeness (QED) is 0.842. The number of pyridine rings is 1. The number of aromatic nitrogens is 1. The van der Waals surface area contributed by atoms with E-state index < -0.39 is 11.4 Å². The molecule has 0 bridgehead atoms. The summed E-state index contributed by atoms with van der Waals surface area (Å²) in [6, 6.07) is 3.55. The molecule has 0 aliphatic rings. The Balaban J connectivity index is 2.83. The minimum absolute atomic E-state index is 0.0197. The molecule has 102 valence electrons. The van der Waals surface area contributed by atoms with E-state index in [0.717, 1.165) is 18.5 Å². The summed E-state index contributed by atoms with van der Waals surface area (Å²) in [7, 11) is 0. The maximum Gasteiger partial charge on any atom is 0.136 e. The molecule has 0 fully saturated rings. The van der Waals surface area contributed by atoms with E-state index in [-0.39, 0.29) is 10.8 Å². The lowest BCUT2D eigenvalue weighted by Gasteiger charge is -2.27. The summed E-state index contributed by atoms with van der Waals surface area (Å²) in [6.07, 6.45) is 3.56. The Bertz CT molecular complexity index is 381. The third-order valence-electron chi connectivity index (χ3n) is 2.48. The molecule has 2 atom stereocenters. The molecule has 0 aliphatic heterocycles. The van der Waals surface area contributed by atoms with Crippen LogP contribution in [-0.4, -0.2) is 14.3 Å². The highest BCUT2D eigenvalue weighted by atomic mass is 35.5. The minimum atomic E-state index is -1.11. The molecule has 3 nitrogen and oxygen atoms in total. The predicted octanol–water partition coefficient (Wildman–Crippen LogP) is 3.63. The van der Waals surface area contributed by atoms with Gasteiger partial charge in [0.2, 0.25) is 0 Å². The van der Waals surface area contributed by atoms with Gasteiger partial charge in [0, 0.05) is 22.6 Å². The highest BCUT2D eigenvalue weighted by Gasteiger charge is 2.29. The van der Waals surface area contributed by atoms with Gasteiger partial charge in [-0.3, -0.25) is 4.98 Å². The van der Waals surface area contributed by atoms with Gasteiger partial charge in [0.15, 0.2) is 0 Å².